The predicted octanol–water partition coefficient (Wildman–Crippen LogP) is 2.47. The summed E-state index contributed by atoms with van der Waals surface area (Å²) in [4.78, 5) is 14.5. The molecule has 3 rings (SSSR count). The minimum Gasteiger partial charge on any atom is -0.355 e. The molecule has 6 heteroatoms. The number of hydrogen-bond acceptors (Lipinski definition) is 3. The Kier molecular flexibility index (Phi) is 8.51. The van der Waals surface area contributed by atoms with Crippen molar-refractivity contribution in [2.24, 2.45) is 11.3 Å². The summed E-state index contributed by atoms with van der Waals surface area (Å²) < 4.78 is 0. The van der Waals surface area contributed by atoms with Gasteiger partial charge in [-0.25, -0.2) is 0 Å². The average molecular weight is 374 g/mol. The lowest BCUT2D eigenvalue weighted by atomic mass is 9.92. The molecule has 136 valence electrons. The molecule has 1 saturated heterocycles. The molecule has 1 atom stereocenters. The van der Waals surface area contributed by atoms with Crippen molar-refractivity contribution in [3.63, 3.8) is 0 Å². The van der Waals surface area contributed by atoms with E-state index < -0.39 is 0 Å². The molecule has 4 nitrogen and oxygen atoms in total. The van der Waals surface area contributed by atoms with E-state index in [1.54, 1.807) is 0 Å². The zero-order valence-corrected chi connectivity index (χ0v) is 15.9. The highest BCUT2D eigenvalue weighted by molar-refractivity contribution is 5.85. The van der Waals surface area contributed by atoms with E-state index in [1.165, 1.54) is 18.4 Å². The maximum Gasteiger partial charge on any atom is 0.223 e. The van der Waals surface area contributed by atoms with Gasteiger partial charge in [0, 0.05) is 25.6 Å². The number of hydrogen-bond donors (Lipinski definition) is 2. The lowest BCUT2D eigenvalue weighted by Crippen LogP contribution is -2.36. The molecule has 1 saturated carbocycles. The molecule has 1 unspecified atom stereocenters. The molecule has 1 amide bonds. The summed E-state index contributed by atoms with van der Waals surface area (Å²) in [6.07, 6.45) is 3.43. The molecule has 1 aromatic carbocycles. The number of carbonyl (C=O) groups is 1. The van der Waals surface area contributed by atoms with Crippen LogP contribution < -0.4 is 10.6 Å². The van der Waals surface area contributed by atoms with Crippen molar-refractivity contribution in [1.82, 2.24) is 15.5 Å². The second kappa shape index (κ2) is 9.62. The standard InChI is InChI=1S/C18H27N3O.2ClH/c1-21(14-15-5-3-2-4-6-15)12-11-20-17(22)16-13-18(16)7-9-19-10-8-18;;/h2-6,16,19H,7-14H2,1H3,(H,20,22);2*1H. The molecule has 1 heterocycles. The van der Waals surface area contributed by atoms with Crippen LogP contribution in [0.2, 0.25) is 0 Å². The van der Waals surface area contributed by atoms with Crippen molar-refractivity contribution in [2.75, 3.05) is 33.2 Å². The maximum absolute atomic E-state index is 12.3. The average Bonchev–Trinajstić information content (AvgIpc) is 3.22. The second-order valence-electron chi connectivity index (χ2n) is 6.88. The molecular formula is C18H29Cl2N3O. The van der Waals surface area contributed by atoms with Gasteiger partial charge in [0.2, 0.25) is 5.91 Å². The lowest BCUT2D eigenvalue weighted by molar-refractivity contribution is -0.123. The van der Waals surface area contributed by atoms with Crippen LogP contribution in [0.1, 0.15) is 24.8 Å². The fourth-order valence-electron chi connectivity index (χ4n) is 3.66. The molecule has 2 fully saturated rings. The molecule has 1 aromatic rings. The third-order valence-electron chi connectivity index (χ3n) is 5.19. The van der Waals surface area contributed by atoms with Crippen LogP contribution in [0.4, 0.5) is 0 Å². The predicted molar refractivity (Wildman–Crippen MR) is 103 cm³/mol. The first-order valence-electron chi connectivity index (χ1n) is 8.40. The Bertz CT molecular complexity index is 506. The van der Waals surface area contributed by atoms with Crippen LogP contribution in [-0.4, -0.2) is 44.0 Å². The van der Waals surface area contributed by atoms with Gasteiger partial charge in [-0.15, -0.1) is 24.8 Å². The van der Waals surface area contributed by atoms with E-state index in [1.807, 2.05) is 6.07 Å². The molecule has 0 bridgehead atoms. The first-order chi connectivity index (χ1) is 10.7. The summed E-state index contributed by atoms with van der Waals surface area (Å²) in [5.41, 5.74) is 1.65. The van der Waals surface area contributed by atoms with Crippen LogP contribution in [0.15, 0.2) is 30.3 Å². The van der Waals surface area contributed by atoms with Crippen molar-refractivity contribution in [2.45, 2.75) is 25.8 Å². The van der Waals surface area contributed by atoms with Gasteiger partial charge in [-0.3, -0.25) is 4.79 Å². The molecule has 1 spiro atoms. The minimum absolute atomic E-state index is 0. The molecule has 2 N–H and O–H groups in total. The van der Waals surface area contributed by atoms with Crippen LogP contribution in [-0.2, 0) is 11.3 Å². The van der Waals surface area contributed by atoms with E-state index in [-0.39, 0.29) is 36.6 Å². The largest absolute Gasteiger partial charge is 0.355 e. The SMILES string of the molecule is CN(CCNC(=O)C1CC12CCNCC2)Cc1ccccc1.Cl.Cl. The number of carbonyl (C=O) groups excluding carboxylic acids is 1. The van der Waals surface area contributed by atoms with Gasteiger partial charge in [-0.2, -0.15) is 0 Å². The highest BCUT2D eigenvalue weighted by atomic mass is 35.5. The van der Waals surface area contributed by atoms with Crippen molar-refractivity contribution < 1.29 is 4.79 Å². The van der Waals surface area contributed by atoms with E-state index in [0.29, 0.717) is 5.41 Å². The van der Waals surface area contributed by atoms with Crippen LogP contribution in [0.25, 0.3) is 0 Å². The lowest BCUT2D eigenvalue weighted by Gasteiger charge is -2.23. The quantitative estimate of drug-likeness (QED) is 0.804. The van der Waals surface area contributed by atoms with Gasteiger partial charge in [0.15, 0.2) is 0 Å². The Morgan fingerprint density at radius 3 is 2.58 bits per heavy atom. The van der Waals surface area contributed by atoms with E-state index in [0.717, 1.165) is 39.1 Å². The van der Waals surface area contributed by atoms with Crippen molar-refractivity contribution >= 4 is 30.7 Å². The smallest absolute Gasteiger partial charge is 0.223 e. The maximum atomic E-state index is 12.3. The third-order valence-corrected chi connectivity index (χ3v) is 5.19. The first kappa shape index (κ1) is 21.2. The number of amides is 1. The van der Waals surface area contributed by atoms with E-state index in [2.05, 4.69) is 46.8 Å². The summed E-state index contributed by atoms with van der Waals surface area (Å²) in [6, 6.07) is 10.4. The van der Waals surface area contributed by atoms with Gasteiger partial charge >= 0.3 is 0 Å². The van der Waals surface area contributed by atoms with Crippen LogP contribution >= 0.6 is 24.8 Å². The molecule has 0 radical (unpaired) electrons. The summed E-state index contributed by atoms with van der Waals surface area (Å²) in [5.74, 6) is 0.545. The Labute approximate surface area is 157 Å². The number of piperidine rings is 1. The minimum atomic E-state index is 0. The number of nitrogens with zero attached hydrogens (tertiary/aromatic N) is 1. The zero-order valence-electron chi connectivity index (χ0n) is 14.3. The molecule has 1 aliphatic carbocycles. The van der Waals surface area contributed by atoms with Crippen molar-refractivity contribution in [3.8, 4) is 0 Å². The number of likely N-dealkylation sites (N-methyl/N-ethyl adjacent to an activating group) is 1. The second-order valence-corrected chi connectivity index (χ2v) is 6.88. The van der Waals surface area contributed by atoms with E-state index >= 15 is 0 Å². The molecular weight excluding hydrogens is 345 g/mol. The van der Waals surface area contributed by atoms with Crippen LogP contribution in [0, 0.1) is 11.3 Å². The number of nitrogens with one attached hydrogen (secondary N) is 2. The highest BCUT2D eigenvalue weighted by Crippen LogP contribution is 2.58. The fraction of sp³-hybridized carbons (Fsp3) is 0.611. The van der Waals surface area contributed by atoms with Crippen molar-refractivity contribution in [3.05, 3.63) is 35.9 Å². The van der Waals surface area contributed by atoms with Gasteiger partial charge in [-0.1, -0.05) is 30.3 Å². The van der Waals surface area contributed by atoms with E-state index in [4.69, 9.17) is 0 Å². The van der Waals surface area contributed by atoms with Gasteiger partial charge in [-0.05, 0) is 50.4 Å². The number of rotatable bonds is 6. The van der Waals surface area contributed by atoms with Gasteiger partial charge in [0.25, 0.3) is 0 Å². The molecule has 0 aromatic heterocycles. The highest BCUT2D eigenvalue weighted by Gasteiger charge is 2.57. The summed E-state index contributed by atoms with van der Waals surface area (Å²) >= 11 is 0. The van der Waals surface area contributed by atoms with Gasteiger partial charge in [0.05, 0.1) is 0 Å². The third kappa shape index (κ3) is 5.35. The summed E-state index contributed by atoms with van der Waals surface area (Å²) in [6.45, 7) is 4.71. The molecule has 24 heavy (non-hydrogen) atoms. The fourth-order valence-corrected chi connectivity index (χ4v) is 3.66. The monoisotopic (exact) mass is 373 g/mol. The first-order valence-corrected chi connectivity index (χ1v) is 8.40. The topological polar surface area (TPSA) is 44.4 Å². The Morgan fingerprint density at radius 2 is 1.92 bits per heavy atom. The molecule has 1 aliphatic heterocycles. The van der Waals surface area contributed by atoms with E-state index in [9.17, 15) is 4.79 Å². The van der Waals surface area contributed by atoms with Gasteiger partial charge < -0.3 is 15.5 Å². The van der Waals surface area contributed by atoms with Crippen LogP contribution in [0.5, 0.6) is 0 Å². The number of benzene rings is 1. The number of halogens is 2. The zero-order chi connectivity index (χ0) is 15.4. The molecule has 2 aliphatic rings. The Morgan fingerprint density at radius 1 is 1.25 bits per heavy atom. The normalized spacial score (nSPS) is 20.8. The Balaban J connectivity index is 0.00000144. The summed E-state index contributed by atoms with van der Waals surface area (Å²) in [5, 5.41) is 6.51. The van der Waals surface area contributed by atoms with Crippen molar-refractivity contribution in [1.29, 1.82) is 0 Å². The van der Waals surface area contributed by atoms with Crippen LogP contribution in [0.3, 0.4) is 0 Å². The summed E-state index contributed by atoms with van der Waals surface area (Å²) in [7, 11) is 2.10. The van der Waals surface area contributed by atoms with Gasteiger partial charge in [0.1, 0.15) is 0 Å². The Hall–Kier alpha value is -0.810.